The van der Waals surface area contributed by atoms with Crippen molar-refractivity contribution in [3.05, 3.63) is 97.1 Å². The van der Waals surface area contributed by atoms with E-state index < -0.39 is 13.8 Å². The predicted molar refractivity (Wildman–Crippen MR) is 130 cm³/mol. The van der Waals surface area contributed by atoms with Gasteiger partial charge in [-0.25, -0.2) is 0 Å². The number of benzene rings is 4. The van der Waals surface area contributed by atoms with Crippen LogP contribution in [-0.4, -0.2) is 24.0 Å². The summed E-state index contributed by atoms with van der Waals surface area (Å²) < 4.78 is 2.24. The molecule has 0 aromatic heterocycles. The second-order valence-electron chi connectivity index (χ2n) is 6.56. The Labute approximate surface area is 186 Å². The summed E-state index contributed by atoms with van der Waals surface area (Å²) in [6.07, 6.45) is 0. The monoisotopic (exact) mass is 626 g/mol. The van der Waals surface area contributed by atoms with E-state index in [0.29, 0.717) is 0 Å². The van der Waals surface area contributed by atoms with Crippen LogP contribution in [0.3, 0.4) is 0 Å². The van der Waals surface area contributed by atoms with Gasteiger partial charge in [0.25, 0.3) is 0 Å². The third-order valence-corrected chi connectivity index (χ3v) is 19.6. The average Bonchev–Trinajstić information content (AvgIpc) is 2.75. The zero-order valence-electron chi connectivity index (χ0n) is 15.3. The molecule has 4 aromatic carbocycles. The third-order valence-electron chi connectivity index (χ3n) is 4.70. The second-order valence-corrected chi connectivity index (χ2v) is 30.8. The van der Waals surface area contributed by atoms with Crippen LogP contribution in [0.15, 0.2) is 97.1 Å². The molecule has 0 aliphatic carbocycles. The van der Waals surface area contributed by atoms with Crippen LogP contribution in [0.2, 0.25) is 0 Å². The van der Waals surface area contributed by atoms with Gasteiger partial charge in [0.05, 0.1) is 0 Å². The van der Waals surface area contributed by atoms with Gasteiger partial charge in [-0.15, -0.1) is 0 Å². The number of phenols is 2. The summed E-state index contributed by atoms with van der Waals surface area (Å²) in [4.78, 5) is 0. The first kappa shape index (κ1) is 20.5. The Morgan fingerprint density at radius 2 is 0.897 bits per heavy atom. The van der Waals surface area contributed by atoms with E-state index in [1.807, 2.05) is 84.9 Å². The van der Waals surface area contributed by atoms with Crippen LogP contribution in [0.1, 0.15) is 0 Å². The van der Waals surface area contributed by atoms with Crippen LogP contribution in [0.25, 0.3) is 22.3 Å². The fraction of sp³-hybridized carbons (Fsp3) is 0. The summed E-state index contributed by atoms with van der Waals surface area (Å²) in [7, 11) is 0. The first-order valence-electron chi connectivity index (χ1n) is 8.96. The minimum absolute atomic E-state index is 0.259. The predicted octanol–water partition coefficient (Wildman–Crippen LogP) is 5.78. The van der Waals surface area contributed by atoms with E-state index in [0.717, 1.165) is 29.5 Å². The maximum atomic E-state index is 10.4. The van der Waals surface area contributed by atoms with Gasteiger partial charge in [0.2, 0.25) is 0 Å². The van der Waals surface area contributed by atoms with Crippen molar-refractivity contribution >= 4 is 46.5 Å². The van der Waals surface area contributed by atoms with E-state index >= 15 is 0 Å². The SMILES string of the molecule is Oc1ccc([Te](Br)(Br)c2ccc(O)c(-c3ccccc3)c2)cc1-c1ccccc1. The first-order chi connectivity index (χ1) is 14.0. The molecule has 4 rings (SSSR count). The molecule has 2 N–H and O–H groups in total. The summed E-state index contributed by atoms with van der Waals surface area (Å²) in [5.41, 5.74) is 3.56. The van der Waals surface area contributed by atoms with Crippen molar-refractivity contribution in [1.29, 1.82) is 0 Å². The van der Waals surface area contributed by atoms with E-state index in [2.05, 4.69) is 25.5 Å². The molecule has 0 fully saturated rings. The van der Waals surface area contributed by atoms with Crippen LogP contribution in [0.5, 0.6) is 11.5 Å². The maximum absolute atomic E-state index is 10.4. The molecule has 0 atom stereocenters. The van der Waals surface area contributed by atoms with Crippen molar-refractivity contribution in [1.82, 2.24) is 0 Å². The van der Waals surface area contributed by atoms with Crippen LogP contribution in [0, 0.1) is 0 Å². The topological polar surface area (TPSA) is 40.5 Å². The third kappa shape index (κ3) is 4.24. The molecule has 0 saturated heterocycles. The number of phenolic OH excluding ortho intramolecular Hbond substituents is 2. The Bertz CT molecular complexity index is 1060. The van der Waals surface area contributed by atoms with E-state index in [9.17, 15) is 10.2 Å². The number of rotatable bonds is 4. The Hall–Kier alpha value is -1.77. The Kier molecular flexibility index (Phi) is 6.03. The molecular formula is C24H18Br2O2Te. The molecule has 29 heavy (non-hydrogen) atoms. The van der Waals surface area contributed by atoms with E-state index in [4.69, 9.17) is 0 Å². The molecule has 0 bridgehead atoms. The van der Waals surface area contributed by atoms with Gasteiger partial charge in [-0.05, 0) is 0 Å². The quantitative estimate of drug-likeness (QED) is 0.283. The summed E-state index contributed by atoms with van der Waals surface area (Å²) in [5, 5.41) is 20.8. The molecule has 0 aliphatic heterocycles. The van der Waals surface area contributed by atoms with E-state index in [1.165, 1.54) is 0 Å². The summed E-state index contributed by atoms with van der Waals surface area (Å²) >= 11 is 4.94. The van der Waals surface area contributed by atoms with Crippen molar-refractivity contribution in [2.75, 3.05) is 0 Å². The number of halogens is 2. The van der Waals surface area contributed by atoms with Crippen LogP contribution >= 0.6 is 25.5 Å². The number of hydrogen-bond donors (Lipinski definition) is 2. The number of aromatic hydroxyl groups is 2. The van der Waals surface area contributed by atoms with Crippen LogP contribution < -0.4 is 7.22 Å². The molecular weight excluding hydrogens is 608 g/mol. The molecule has 0 spiro atoms. The van der Waals surface area contributed by atoms with Gasteiger partial charge in [-0.2, -0.15) is 0 Å². The molecule has 0 amide bonds. The Balaban J connectivity index is 1.80. The standard InChI is InChI=1S/C24H18Br2O2Te/c25-29(26,19-11-13-23(27)21(15-19)17-7-3-1-4-8-17)20-12-14-24(28)22(16-20)18-9-5-2-6-10-18/h1-16,27-28H. The van der Waals surface area contributed by atoms with Crippen LogP contribution in [0.4, 0.5) is 0 Å². The van der Waals surface area contributed by atoms with Crippen molar-refractivity contribution in [2.24, 2.45) is 0 Å². The molecule has 5 heteroatoms. The second kappa shape index (κ2) is 8.53. The Morgan fingerprint density at radius 1 is 0.517 bits per heavy atom. The summed E-state index contributed by atoms with van der Waals surface area (Å²) in [6.45, 7) is 0. The zero-order chi connectivity index (χ0) is 20.4. The molecule has 0 aliphatic rings. The minimum atomic E-state index is -3.07. The van der Waals surface area contributed by atoms with Crippen molar-refractivity contribution in [3.8, 4) is 33.8 Å². The van der Waals surface area contributed by atoms with Gasteiger partial charge in [0, 0.05) is 0 Å². The normalized spacial score (nSPS) is 11.9. The van der Waals surface area contributed by atoms with Gasteiger partial charge < -0.3 is 0 Å². The zero-order valence-corrected chi connectivity index (χ0v) is 20.8. The van der Waals surface area contributed by atoms with Gasteiger partial charge >= 0.3 is 188 Å². The Morgan fingerprint density at radius 3 is 1.28 bits per heavy atom. The fourth-order valence-electron chi connectivity index (χ4n) is 3.18. The van der Waals surface area contributed by atoms with E-state index in [-0.39, 0.29) is 11.5 Å². The summed E-state index contributed by atoms with van der Waals surface area (Å²) in [5.74, 6) is 0.517. The van der Waals surface area contributed by atoms with Crippen molar-refractivity contribution in [3.63, 3.8) is 0 Å². The van der Waals surface area contributed by atoms with Gasteiger partial charge in [-0.1, -0.05) is 0 Å². The van der Waals surface area contributed by atoms with Gasteiger partial charge in [0.15, 0.2) is 0 Å². The molecule has 4 aromatic rings. The van der Waals surface area contributed by atoms with Gasteiger partial charge in [-0.3, -0.25) is 0 Å². The van der Waals surface area contributed by atoms with Crippen LogP contribution in [-0.2, 0) is 0 Å². The molecule has 0 radical (unpaired) electrons. The molecule has 0 saturated carbocycles. The molecule has 0 unspecified atom stereocenters. The van der Waals surface area contributed by atoms with Gasteiger partial charge in [0.1, 0.15) is 0 Å². The fourth-order valence-corrected chi connectivity index (χ4v) is 12.2. The van der Waals surface area contributed by atoms with Crippen molar-refractivity contribution in [2.45, 2.75) is 0 Å². The van der Waals surface area contributed by atoms with E-state index in [1.54, 1.807) is 12.1 Å². The number of hydrogen-bond acceptors (Lipinski definition) is 2. The van der Waals surface area contributed by atoms with Crippen molar-refractivity contribution < 1.29 is 10.2 Å². The average molecular weight is 626 g/mol. The molecule has 2 nitrogen and oxygen atoms in total. The molecule has 146 valence electrons. The molecule has 0 heterocycles. The summed E-state index contributed by atoms with van der Waals surface area (Å²) in [6, 6.07) is 31.2. The first-order valence-corrected chi connectivity index (χ1v) is 21.7.